The van der Waals surface area contributed by atoms with E-state index in [4.69, 9.17) is 18.0 Å². The van der Waals surface area contributed by atoms with E-state index in [0.29, 0.717) is 11.5 Å². The van der Waals surface area contributed by atoms with Crippen molar-refractivity contribution in [2.45, 2.75) is 27.2 Å². The third kappa shape index (κ3) is 6.03. The zero-order chi connectivity index (χ0) is 12.1. The molecular formula is C8H19N3O2S2. The van der Waals surface area contributed by atoms with Crippen LogP contribution in [-0.4, -0.2) is 26.5 Å². The van der Waals surface area contributed by atoms with Crippen LogP contribution in [-0.2, 0) is 10.2 Å². The molecule has 0 amide bonds. The molecule has 0 fully saturated rings. The van der Waals surface area contributed by atoms with Crippen molar-refractivity contribution < 1.29 is 8.42 Å². The molecule has 0 aromatic carbocycles. The summed E-state index contributed by atoms with van der Waals surface area (Å²) >= 11 is 4.83. The minimum Gasteiger partial charge on any atom is -0.393 e. The Labute approximate surface area is 97.0 Å². The summed E-state index contributed by atoms with van der Waals surface area (Å²) < 4.78 is 27.5. The van der Waals surface area contributed by atoms with Gasteiger partial charge in [-0.3, -0.25) is 0 Å². The second-order valence-corrected chi connectivity index (χ2v) is 5.99. The van der Waals surface area contributed by atoms with E-state index in [2.05, 4.69) is 9.44 Å². The highest BCUT2D eigenvalue weighted by Crippen LogP contribution is 2.13. The normalized spacial score (nSPS) is 12.7. The first kappa shape index (κ1) is 14.8. The lowest BCUT2D eigenvalue weighted by Gasteiger charge is -2.23. The Kier molecular flexibility index (Phi) is 5.65. The quantitative estimate of drug-likeness (QED) is 0.563. The fourth-order valence-corrected chi connectivity index (χ4v) is 1.85. The third-order valence-electron chi connectivity index (χ3n) is 1.91. The molecule has 7 heteroatoms. The molecule has 0 saturated heterocycles. The lowest BCUT2D eigenvalue weighted by Crippen LogP contribution is -2.45. The first-order valence-corrected chi connectivity index (χ1v) is 6.64. The van der Waals surface area contributed by atoms with Crippen LogP contribution < -0.4 is 15.2 Å². The summed E-state index contributed by atoms with van der Waals surface area (Å²) in [6, 6.07) is 0. The number of nitrogens with two attached hydrogens (primary N) is 1. The molecule has 0 radical (unpaired) electrons. The fourth-order valence-electron chi connectivity index (χ4n) is 0.650. The standard InChI is InChI=1S/C8H19N3O2S2/c1-4-5-10-15(12,13)11-6-8(2,3)7(9)14/h10-11H,4-6H2,1-3H3,(H2,9,14). The molecule has 0 atom stereocenters. The van der Waals surface area contributed by atoms with Gasteiger partial charge in [-0.2, -0.15) is 8.42 Å². The van der Waals surface area contributed by atoms with Crippen molar-refractivity contribution in [3.63, 3.8) is 0 Å². The van der Waals surface area contributed by atoms with Gasteiger partial charge in [0.1, 0.15) is 0 Å². The SMILES string of the molecule is CCCNS(=O)(=O)NCC(C)(C)C(N)=S. The van der Waals surface area contributed by atoms with Crippen molar-refractivity contribution in [1.82, 2.24) is 9.44 Å². The van der Waals surface area contributed by atoms with Crippen molar-refractivity contribution in [3.05, 3.63) is 0 Å². The Balaban J connectivity index is 4.21. The Morgan fingerprint density at radius 2 is 1.93 bits per heavy atom. The smallest absolute Gasteiger partial charge is 0.276 e. The maximum atomic E-state index is 11.4. The predicted octanol–water partition coefficient (Wildman–Crippen LogP) is 0.133. The highest BCUT2D eigenvalue weighted by atomic mass is 32.2. The van der Waals surface area contributed by atoms with Crippen LogP contribution in [0.2, 0.25) is 0 Å². The van der Waals surface area contributed by atoms with Crippen LogP contribution in [0.25, 0.3) is 0 Å². The van der Waals surface area contributed by atoms with Crippen LogP contribution in [0.3, 0.4) is 0 Å². The predicted molar refractivity (Wildman–Crippen MR) is 65.8 cm³/mol. The van der Waals surface area contributed by atoms with Crippen LogP contribution in [0.5, 0.6) is 0 Å². The first-order chi connectivity index (χ1) is 6.71. The molecule has 0 spiro atoms. The lowest BCUT2D eigenvalue weighted by atomic mass is 9.94. The summed E-state index contributed by atoms with van der Waals surface area (Å²) in [4.78, 5) is 0.292. The van der Waals surface area contributed by atoms with Crippen molar-refractivity contribution >= 4 is 27.4 Å². The maximum Gasteiger partial charge on any atom is 0.276 e. The molecule has 0 aromatic rings. The maximum absolute atomic E-state index is 11.4. The largest absolute Gasteiger partial charge is 0.393 e. The van der Waals surface area contributed by atoms with Crippen LogP contribution in [0.1, 0.15) is 27.2 Å². The molecule has 0 saturated carbocycles. The average Bonchev–Trinajstić information content (AvgIpc) is 2.12. The second kappa shape index (κ2) is 5.74. The minimum atomic E-state index is -3.43. The molecule has 0 aromatic heterocycles. The molecule has 0 heterocycles. The van der Waals surface area contributed by atoms with Gasteiger partial charge in [-0.1, -0.05) is 33.0 Å². The van der Waals surface area contributed by atoms with Gasteiger partial charge in [0.25, 0.3) is 10.2 Å². The number of thiocarbonyl (C=S) groups is 1. The molecule has 0 rings (SSSR count). The molecule has 15 heavy (non-hydrogen) atoms. The molecule has 90 valence electrons. The van der Waals surface area contributed by atoms with Crippen molar-refractivity contribution in [1.29, 1.82) is 0 Å². The van der Waals surface area contributed by atoms with Gasteiger partial charge in [-0.25, -0.2) is 9.44 Å². The fraction of sp³-hybridized carbons (Fsp3) is 0.875. The lowest BCUT2D eigenvalue weighted by molar-refractivity contribution is 0.496. The van der Waals surface area contributed by atoms with Gasteiger partial charge in [0.15, 0.2) is 0 Å². The number of hydrogen-bond acceptors (Lipinski definition) is 3. The monoisotopic (exact) mass is 253 g/mol. The van der Waals surface area contributed by atoms with E-state index in [1.165, 1.54) is 0 Å². The molecule has 0 bridgehead atoms. The summed E-state index contributed by atoms with van der Waals surface area (Å²) in [7, 11) is -3.43. The summed E-state index contributed by atoms with van der Waals surface area (Å²) in [5.74, 6) is 0. The molecule has 5 nitrogen and oxygen atoms in total. The summed E-state index contributed by atoms with van der Waals surface area (Å²) in [6.45, 7) is 6.08. The van der Waals surface area contributed by atoms with E-state index in [1.54, 1.807) is 13.8 Å². The van der Waals surface area contributed by atoms with Gasteiger partial charge in [0.2, 0.25) is 0 Å². The molecule has 0 aliphatic rings. The molecule has 4 N–H and O–H groups in total. The molecule has 0 aliphatic heterocycles. The van der Waals surface area contributed by atoms with Crippen LogP contribution in [0, 0.1) is 5.41 Å². The van der Waals surface area contributed by atoms with Crippen molar-refractivity contribution in [2.24, 2.45) is 11.1 Å². The van der Waals surface area contributed by atoms with E-state index >= 15 is 0 Å². The van der Waals surface area contributed by atoms with Gasteiger partial charge in [-0.15, -0.1) is 0 Å². The van der Waals surface area contributed by atoms with E-state index in [0.717, 1.165) is 6.42 Å². The van der Waals surface area contributed by atoms with Gasteiger partial charge < -0.3 is 5.73 Å². The van der Waals surface area contributed by atoms with E-state index in [1.807, 2.05) is 6.92 Å². The van der Waals surface area contributed by atoms with Gasteiger partial charge in [-0.05, 0) is 6.42 Å². The summed E-state index contributed by atoms with van der Waals surface area (Å²) in [5, 5.41) is 0. The molecule has 0 aliphatic carbocycles. The Bertz CT molecular complexity index is 312. The highest BCUT2D eigenvalue weighted by Gasteiger charge is 2.23. The Morgan fingerprint density at radius 1 is 1.40 bits per heavy atom. The van der Waals surface area contributed by atoms with Crippen LogP contribution in [0.15, 0.2) is 0 Å². The summed E-state index contributed by atoms with van der Waals surface area (Å²) in [5.41, 5.74) is 4.96. The summed E-state index contributed by atoms with van der Waals surface area (Å²) in [6.07, 6.45) is 0.750. The highest BCUT2D eigenvalue weighted by molar-refractivity contribution is 7.87. The zero-order valence-corrected chi connectivity index (χ0v) is 11.0. The van der Waals surface area contributed by atoms with Gasteiger partial charge in [0, 0.05) is 18.5 Å². The van der Waals surface area contributed by atoms with Crippen molar-refractivity contribution in [2.75, 3.05) is 13.1 Å². The van der Waals surface area contributed by atoms with Crippen LogP contribution >= 0.6 is 12.2 Å². The van der Waals surface area contributed by atoms with E-state index < -0.39 is 15.6 Å². The number of hydrogen-bond donors (Lipinski definition) is 3. The average molecular weight is 253 g/mol. The first-order valence-electron chi connectivity index (χ1n) is 4.75. The Morgan fingerprint density at radius 3 is 2.33 bits per heavy atom. The Hall–Kier alpha value is -0.240. The zero-order valence-electron chi connectivity index (χ0n) is 9.33. The van der Waals surface area contributed by atoms with E-state index in [-0.39, 0.29) is 6.54 Å². The van der Waals surface area contributed by atoms with E-state index in [9.17, 15) is 8.42 Å². The molecule has 0 unspecified atom stereocenters. The topological polar surface area (TPSA) is 84.2 Å². The van der Waals surface area contributed by atoms with Gasteiger partial charge in [0.05, 0.1) is 4.99 Å². The third-order valence-corrected chi connectivity index (χ3v) is 3.57. The molecular weight excluding hydrogens is 234 g/mol. The van der Waals surface area contributed by atoms with Gasteiger partial charge >= 0.3 is 0 Å². The number of rotatable bonds is 7. The van der Waals surface area contributed by atoms with Crippen LogP contribution in [0.4, 0.5) is 0 Å². The number of nitrogens with one attached hydrogen (secondary N) is 2. The second-order valence-electron chi connectivity index (χ2n) is 3.97. The minimum absolute atomic E-state index is 0.196. The van der Waals surface area contributed by atoms with Crippen molar-refractivity contribution in [3.8, 4) is 0 Å².